The molecule has 2 aromatic carbocycles. The first kappa shape index (κ1) is 18.5. The minimum absolute atomic E-state index is 0.138. The zero-order chi connectivity index (χ0) is 19.2. The van der Waals surface area contributed by atoms with E-state index in [0.29, 0.717) is 5.69 Å². The van der Waals surface area contributed by atoms with Gasteiger partial charge < -0.3 is 15.4 Å². The zero-order valence-electron chi connectivity index (χ0n) is 15.7. The molecule has 0 aliphatic rings. The Morgan fingerprint density at radius 1 is 0.926 bits per heavy atom. The predicted molar refractivity (Wildman–Crippen MR) is 109 cm³/mol. The lowest BCUT2D eigenvalue weighted by Crippen LogP contribution is -2.13. The fourth-order valence-corrected chi connectivity index (χ4v) is 2.52. The maximum atomic E-state index is 12.4. The number of nitrogens with one attached hydrogen (secondary N) is 2. The molecule has 0 fully saturated rings. The van der Waals surface area contributed by atoms with Crippen molar-refractivity contribution in [3.8, 4) is 5.75 Å². The first-order chi connectivity index (χ1) is 13.0. The van der Waals surface area contributed by atoms with E-state index < -0.39 is 0 Å². The number of aryl methyl sites for hydroxylation is 1. The smallest absolute Gasteiger partial charge is 0.274 e. The Bertz CT molecular complexity index is 904. The van der Waals surface area contributed by atoms with Crippen LogP contribution in [0, 0.1) is 6.92 Å². The van der Waals surface area contributed by atoms with Gasteiger partial charge >= 0.3 is 0 Å². The molecular formula is C22H23N3O2. The topological polar surface area (TPSA) is 63.2 Å². The number of benzene rings is 2. The highest BCUT2D eigenvalue weighted by molar-refractivity contribution is 6.03. The lowest BCUT2D eigenvalue weighted by molar-refractivity contribution is 0.102. The van der Waals surface area contributed by atoms with Crippen LogP contribution in [-0.2, 0) is 0 Å². The third-order valence-electron chi connectivity index (χ3n) is 3.82. The Balaban J connectivity index is 1.67. The standard InChI is InChI=1S/C22H23N3O2/c1-15(2)27-20-10-8-17(9-11-20)24-19-12-13-23-21(14-19)22(26)25-18-6-4-16(3)5-7-18/h4-15H,1-3H3,(H,23,24)(H,25,26). The van der Waals surface area contributed by atoms with Gasteiger partial charge in [-0.25, -0.2) is 0 Å². The highest BCUT2D eigenvalue weighted by Gasteiger charge is 2.09. The number of pyridine rings is 1. The van der Waals surface area contributed by atoms with E-state index in [1.54, 1.807) is 12.3 Å². The third-order valence-corrected chi connectivity index (χ3v) is 3.82. The number of ether oxygens (including phenoxy) is 1. The summed E-state index contributed by atoms with van der Waals surface area (Å²) in [6.07, 6.45) is 1.75. The van der Waals surface area contributed by atoms with Gasteiger partial charge in [0.1, 0.15) is 11.4 Å². The second-order valence-electron chi connectivity index (χ2n) is 6.57. The molecule has 1 amide bonds. The molecule has 3 aromatic rings. The molecule has 0 atom stereocenters. The molecule has 0 aliphatic carbocycles. The van der Waals surface area contributed by atoms with Crippen LogP contribution in [-0.4, -0.2) is 17.0 Å². The van der Waals surface area contributed by atoms with Gasteiger partial charge in [-0.05, 0) is 69.3 Å². The van der Waals surface area contributed by atoms with Gasteiger partial charge in [0.15, 0.2) is 0 Å². The molecule has 0 aliphatic heterocycles. The summed E-state index contributed by atoms with van der Waals surface area (Å²) in [7, 11) is 0. The van der Waals surface area contributed by atoms with Gasteiger partial charge in [-0.15, -0.1) is 0 Å². The summed E-state index contributed by atoms with van der Waals surface area (Å²) in [6, 6.07) is 18.9. The van der Waals surface area contributed by atoms with Gasteiger partial charge in [-0.1, -0.05) is 17.7 Å². The van der Waals surface area contributed by atoms with Gasteiger partial charge in [0.05, 0.1) is 6.10 Å². The fraction of sp³-hybridized carbons (Fsp3) is 0.182. The molecule has 0 saturated carbocycles. The van der Waals surface area contributed by atoms with Crippen LogP contribution in [0.3, 0.4) is 0 Å². The lowest BCUT2D eigenvalue weighted by Gasteiger charge is -2.11. The van der Waals surface area contributed by atoms with Crippen molar-refractivity contribution < 1.29 is 9.53 Å². The van der Waals surface area contributed by atoms with E-state index in [2.05, 4.69) is 15.6 Å². The summed E-state index contributed by atoms with van der Waals surface area (Å²) < 4.78 is 5.64. The molecule has 0 spiro atoms. The number of hydrogen-bond donors (Lipinski definition) is 2. The van der Waals surface area contributed by atoms with Crippen molar-refractivity contribution in [2.75, 3.05) is 10.6 Å². The SMILES string of the molecule is Cc1ccc(NC(=O)c2cc(Nc3ccc(OC(C)C)cc3)ccn2)cc1. The van der Waals surface area contributed by atoms with Crippen LogP contribution in [0.5, 0.6) is 5.75 Å². The minimum Gasteiger partial charge on any atom is -0.491 e. The maximum Gasteiger partial charge on any atom is 0.274 e. The first-order valence-corrected chi connectivity index (χ1v) is 8.87. The Hall–Kier alpha value is -3.34. The quantitative estimate of drug-likeness (QED) is 0.635. The van der Waals surface area contributed by atoms with Crippen molar-refractivity contribution in [3.05, 3.63) is 78.1 Å². The minimum atomic E-state index is -0.247. The largest absolute Gasteiger partial charge is 0.491 e. The summed E-state index contributed by atoms with van der Waals surface area (Å²) >= 11 is 0. The first-order valence-electron chi connectivity index (χ1n) is 8.87. The highest BCUT2D eigenvalue weighted by atomic mass is 16.5. The number of hydrogen-bond acceptors (Lipinski definition) is 4. The van der Waals surface area contributed by atoms with Crippen LogP contribution in [0.15, 0.2) is 66.9 Å². The van der Waals surface area contributed by atoms with Crippen molar-refractivity contribution in [3.63, 3.8) is 0 Å². The summed E-state index contributed by atoms with van der Waals surface area (Å²) in [6.45, 7) is 5.99. The van der Waals surface area contributed by atoms with Gasteiger partial charge in [0.25, 0.3) is 5.91 Å². The average Bonchev–Trinajstić information content (AvgIpc) is 2.65. The van der Waals surface area contributed by atoms with E-state index >= 15 is 0 Å². The molecule has 0 bridgehead atoms. The average molecular weight is 361 g/mol. The summed E-state index contributed by atoms with van der Waals surface area (Å²) in [4.78, 5) is 16.6. The van der Waals surface area contributed by atoms with Gasteiger partial charge in [0.2, 0.25) is 0 Å². The van der Waals surface area contributed by atoms with Crippen molar-refractivity contribution in [1.82, 2.24) is 4.98 Å². The predicted octanol–water partition coefficient (Wildman–Crippen LogP) is 5.17. The van der Waals surface area contributed by atoms with Crippen LogP contribution in [0.25, 0.3) is 0 Å². The summed E-state index contributed by atoms with van der Waals surface area (Å²) in [5, 5.41) is 6.13. The second kappa shape index (κ2) is 8.36. The molecule has 138 valence electrons. The van der Waals surface area contributed by atoms with Crippen LogP contribution >= 0.6 is 0 Å². The summed E-state index contributed by atoms with van der Waals surface area (Å²) in [5.74, 6) is 0.576. The lowest BCUT2D eigenvalue weighted by atomic mass is 10.2. The van der Waals surface area contributed by atoms with Crippen LogP contribution < -0.4 is 15.4 Å². The molecule has 0 unspecified atom stereocenters. The number of anilines is 3. The van der Waals surface area contributed by atoms with Crippen molar-refractivity contribution >= 4 is 23.0 Å². The Morgan fingerprint density at radius 3 is 2.26 bits per heavy atom. The monoisotopic (exact) mass is 361 g/mol. The van der Waals surface area contributed by atoms with Crippen molar-refractivity contribution in [2.45, 2.75) is 26.9 Å². The molecule has 1 heterocycles. The second-order valence-corrected chi connectivity index (χ2v) is 6.57. The van der Waals surface area contributed by atoms with E-state index in [4.69, 9.17) is 4.74 Å². The molecule has 2 N–H and O–H groups in total. The number of carbonyl (C=O) groups is 1. The molecule has 5 heteroatoms. The van der Waals surface area contributed by atoms with Gasteiger partial charge in [-0.2, -0.15) is 0 Å². The van der Waals surface area contributed by atoms with Gasteiger partial charge in [0, 0.05) is 23.3 Å². The molecule has 0 radical (unpaired) electrons. The molecule has 0 saturated heterocycles. The van der Waals surface area contributed by atoms with Crippen LogP contribution in [0.4, 0.5) is 17.1 Å². The Labute approximate surface area is 159 Å². The molecule has 27 heavy (non-hydrogen) atoms. The van der Waals surface area contributed by atoms with Crippen LogP contribution in [0.2, 0.25) is 0 Å². The number of carbonyl (C=O) groups excluding carboxylic acids is 1. The Morgan fingerprint density at radius 2 is 1.59 bits per heavy atom. The maximum absolute atomic E-state index is 12.4. The molecule has 3 rings (SSSR count). The van der Waals surface area contributed by atoms with Crippen LogP contribution in [0.1, 0.15) is 29.9 Å². The van der Waals surface area contributed by atoms with E-state index in [0.717, 1.165) is 28.4 Å². The van der Waals surface area contributed by atoms with Crippen molar-refractivity contribution in [1.29, 1.82) is 0 Å². The molecular weight excluding hydrogens is 338 g/mol. The molecule has 5 nitrogen and oxygen atoms in total. The third kappa shape index (κ3) is 5.31. The van der Waals surface area contributed by atoms with E-state index in [1.165, 1.54) is 0 Å². The van der Waals surface area contributed by atoms with E-state index in [1.807, 2.05) is 75.4 Å². The zero-order valence-corrected chi connectivity index (χ0v) is 15.7. The van der Waals surface area contributed by atoms with Gasteiger partial charge in [-0.3, -0.25) is 9.78 Å². The number of aromatic nitrogens is 1. The number of rotatable bonds is 6. The van der Waals surface area contributed by atoms with E-state index in [-0.39, 0.29) is 12.0 Å². The number of amides is 1. The molecule has 1 aromatic heterocycles. The van der Waals surface area contributed by atoms with Crippen molar-refractivity contribution in [2.24, 2.45) is 0 Å². The normalized spacial score (nSPS) is 10.5. The highest BCUT2D eigenvalue weighted by Crippen LogP contribution is 2.21. The van der Waals surface area contributed by atoms with E-state index in [9.17, 15) is 4.79 Å². The number of nitrogens with zero attached hydrogens (tertiary/aromatic N) is 1. The Kier molecular flexibility index (Phi) is 5.71. The summed E-state index contributed by atoms with van der Waals surface area (Å²) in [5.41, 5.74) is 3.92. The fourth-order valence-electron chi connectivity index (χ4n) is 2.52.